The molecule has 0 aliphatic rings. The van der Waals surface area contributed by atoms with E-state index in [1.54, 1.807) is 0 Å². The summed E-state index contributed by atoms with van der Waals surface area (Å²) in [5.74, 6) is 0. The first-order valence-corrected chi connectivity index (χ1v) is 9.67. The number of nitrogens with zero attached hydrogens (tertiary/aromatic N) is 1. The lowest BCUT2D eigenvalue weighted by Gasteiger charge is -2.35. The van der Waals surface area contributed by atoms with E-state index in [2.05, 4.69) is 49.2 Å². The van der Waals surface area contributed by atoms with Crippen molar-refractivity contribution < 1.29 is 5.11 Å². The number of benzene rings is 3. The van der Waals surface area contributed by atoms with Crippen molar-refractivity contribution in [1.82, 2.24) is 4.90 Å². The third-order valence-electron chi connectivity index (χ3n) is 5.44. The summed E-state index contributed by atoms with van der Waals surface area (Å²) in [4.78, 5) is 2.34. The maximum atomic E-state index is 11.7. The highest BCUT2D eigenvalue weighted by Crippen LogP contribution is 2.34. The van der Waals surface area contributed by atoms with Gasteiger partial charge in [-0.05, 0) is 43.5 Å². The Bertz CT molecular complexity index is 762. The Kier molecular flexibility index (Phi) is 6.44. The first-order valence-electron chi connectivity index (χ1n) is 9.67. The van der Waals surface area contributed by atoms with Gasteiger partial charge < -0.3 is 10.0 Å². The van der Waals surface area contributed by atoms with E-state index in [4.69, 9.17) is 0 Å². The van der Waals surface area contributed by atoms with Crippen molar-refractivity contribution in [3.63, 3.8) is 0 Å². The van der Waals surface area contributed by atoms with Crippen LogP contribution in [0.15, 0.2) is 91.0 Å². The smallest absolute Gasteiger partial charge is 0.116 e. The van der Waals surface area contributed by atoms with Crippen molar-refractivity contribution in [3.8, 4) is 0 Å². The molecule has 0 heterocycles. The van der Waals surface area contributed by atoms with Crippen LogP contribution in [-0.2, 0) is 12.0 Å². The average molecular weight is 360 g/mol. The zero-order valence-corrected chi connectivity index (χ0v) is 16.3. The highest BCUT2D eigenvalue weighted by Gasteiger charge is 2.34. The van der Waals surface area contributed by atoms with Gasteiger partial charge in [0.2, 0.25) is 0 Å². The molecule has 0 saturated heterocycles. The summed E-state index contributed by atoms with van der Waals surface area (Å²) in [5, 5.41) is 11.7. The van der Waals surface area contributed by atoms with E-state index in [1.165, 1.54) is 5.56 Å². The molecule has 0 spiro atoms. The van der Waals surface area contributed by atoms with Gasteiger partial charge in [0.15, 0.2) is 0 Å². The number of aliphatic hydroxyl groups is 1. The molecule has 2 nitrogen and oxygen atoms in total. The van der Waals surface area contributed by atoms with Gasteiger partial charge in [0.1, 0.15) is 5.60 Å². The van der Waals surface area contributed by atoms with Crippen molar-refractivity contribution in [3.05, 3.63) is 108 Å². The average Bonchev–Trinajstić information content (AvgIpc) is 2.74. The van der Waals surface area contributed by atoms with Crippen LogP contribution in [0.3, 0.4) is 0 Å². The maximum Gasteiger partial charge on any atom is 0.116 e. The van der Waals surface area contributed by atoms with E-state index in [1.807, 2.05) is 60.7 Å². The van der Waals surface area contributed by atoms with Crippen LogP contribution in [0, 0.1) is 0 Å². The van der Waals surface area contributed by atoms with Gasteiger partial charge in [0.25, 0.3) is 0 Å². The molecule has 0 aliphatic carbocycles. The van der Waals surface area contributed by atoms with E-state index in [0.29, 0.717) is 6.42 Å². The quantitative estimate of drug-likeness (QED) is 0.620. The molecule has 0 amide bonds. The van der Waals surface area contributed by atoms with Crippen LogP contribution in [0.4, 0.5) is 0 Å². The number of rotatable bonds is 8. The van der Waals surface area contributed by atoms with E-state index < -0.39 is 5.60 Å². The zero-order chi connectivity index (χ0) is 19.1. The molecule has 0 saturated carbocycles. The third-order valence-corrected chi connectivity index (χ3v) is 5.44. The third kappa shape index (κ3) is 4.85. The molecule has 27 heavy (non-hydrogen) atoms. The van der Waals surface area contributed by atoms with E-state index in [0.717, 1.165) is 24.1 Å². The largest absolute Gasteiger partial charge is 0.380 e. The van der Waals surface area contributed by atoms with Gasteiger partial charge in [-0.2, -0.15) is 0 Å². The number of hydrogen-bond acceptors (Lipinski definition) is 2. The van der Waals surface area contributed by atoms with Crippen LogP contribution in [0.5, 0.6) is 0 Å². The van der Waals surface area contributed by atoms with Crippen LogP contribution in [-0.4, -0.2) is 29.6 Å². The lowest BCUT2D eigenvalue weighted by atomic mass is 9.81. The molecule has 0 fully saturated rings. The standard InChI is InChI=1S/C25H29NO/c1-21(26(2)19-18-22-12-6-3-7-13-22)20-25(27,23-14-8-4-9-15-23)24-16-10-5-11-17-24/h3-17,21,27H,18-20H2,1-2H3. The van der Waals surface area contributed by atoms with Gasteiger partial charge in [-0.1, -0.05) is 91.0 Å². The van der Waals surface area contributed by atoms with Crippen LogP contribution < -0.4 is 0 Å². The van der Waals surface area contributed by atoms with Crippen LogP contribution in [0.2, 0.25) is 0 Å². The fourth-order valence-electron chi connectivity index (χ4n) is 3.58. The Labute approximate surface area is 163 Å². The summed E-state index contributed by atoms with van der Waals surface area (Å²) in [6.45, 7) is 3.16. The van der Waals surface area contributed by atoms with Gasteiger partial charge in [-0.15, -0.1) is 0 Å². The van der Waals surface area contributed by atoms with E-state index in [9.17, 15) is 5.11 Å². The molecule has 3 rings (SSSR count). The van der Waals surface area contributed by atoms with E-state index >= 15 is 0 Å². The fraction of sp³-hybridized carbons (Fsp3) is 0.280. The molecular formula is C25H29NO. The first kappa shape index (κ1) is 19.3. The Morgan fingerprint density at radius 1 is 0.778 bits per heavy atom. The Hall–Kier alpha value is -2.42. The molecule has 2 heteroatoms. The van der Waals surface area contributed by atoms with Gasteiger partial charge in [0, 0.05) is 12.6 Å². The van der Waals surface area contributed by atoms with E-state index in [-0.39, 0.29) is 6.04 Å². The SMILES string of the molecule is CC(CC(O)(c1ccccc1)c1ccccc1)N(C)CCc1ccccc1. The monoisotopic (exact) mass is 359 g/mol. The minimum absolute atomic E-state index is 0.235. The Morgan fingerprint density at radius 3 is 1.70 bits per heavy atom. The van der Waals surface area contributed by atoms with Crippen molar-refractivity contribution >= 4 is 0 Å². The van der Waals surface area contributed by atoms with Crippen molar-refractivity contribution in [2.45, 2.75) is 31.4 Å². The minimum Gasteiger partial charge on any atom is -0.380 e. The zero-order valence-electron chi connectivity index (χ0n) is 16.3. The second-order valence-corrected chi connectivity index (χ2v) is 7.36. The second-order valence-electron chi connectivity index (χ2n) is 7.36. The normalized spacial score (nSPS) is 12.9. The molecule has 0 radical (unpaired) electrons. The van der Waals surface area contributed by atoms with Gasteiger partial charge >= 0.3 is 0 Å². The Balaban J connectivity index is 1.75. The minimum atomic E-state index is -0.997. The summed E-state index contributed by atoms with van der Waals surface area (Å²) >= 11 is 0. The predicted octanol–water partition coefficient (Wildman–Crippen LogP) is 4.88. The number of likely N-dealkylation sites (N-methyl/N-ethyl adjacent to an activating group) is 1. The fourth-order valence-corrected chi connectivity index (χ4v) is 3.58. The summed E-state index contributed by atoms with van der Waals surface area (Å²) in [7, 11) is 2.14. The molecule has 0 bridgehead atoms. The molecule has 140 valence electrons. The van der Waals surface area contributed by atoms with Crippen LogP contribution in [0.25, 0.3) is 0 Å². The maximum absolute atomic E-state index is 11.7. The summed E-state index contributed by atoms with van der Waals surface area (Å²) < 4.78 is 0. The molecule has 1 unspecified atom stereocenters. The van der Waals surface area contributed by atoms with Crippen molar-refractivity contribution in [2.75, 3.05) is 13.6 Å². The van der Waals surface area contributed by atoms with Crippen LogP contribution in [0.1, 0.15) is 30.0 Å². The molecular weight excluding hydrogens is 330 g/mol. The molecule has 0 aromatic heterocycles. The highest BCUT2D eigenvalue weighted by molar-refractivity contribution is 5.36. The second kappa shape index (κ2) is 8.98. The molecule has 0 aliphatic heterocycles. The van der Waals surface area contributed by atoms with Gasteiger partial charge in [-0.3, -0.25) is 0 Å². The summed E-state index contributed by atoms with van der Waals surface area (Å²) in [6, 6.07) is 30.8. The lowest BCUT2D eigenvalue weighted by Crippen LogP contribution is -2.39. The molecule has 3 aromatic carbocycles. The Morgan fingerprint density at radius 2 is 1.22 bits per heavy atom. The lowest BCUT2D eigenvalue weighted by molar-refractivity contribution is 0.0423. The van der Waals surface area contributed by atoms with Gasteiger partial charge in [0.05, 0.1) is 0 Å². The summed E-state index contributed by atoms with van der Waals surface area (Å²) in [6.07, 6.45) is 1.66. The summed E-state index contributed by atoms with van der Waals surface area (Å²) in [5.41, 5.74) is 2.24. The molecule has 1 N–H and O–H groups in total. The topological polar surface area (TPSA) is 23.5 Å². The van der Waals surface area contributed by atoms with Crippen LogP contribution >= 0.6 is 0 Å². The van der Waals surface area contributed by atoms with Gasteiger partial charge in [-0.25, -0.2) is 0 Å². The molecule has 1 atom stereocenters. The first-order chi connectivity index (χ1) is 13.1. The highest BCUT2D eigenvalue weighted by atomic mass is 16.3. The predicted molar refractivity (Wildman–Crippen MR) is 113 cm³/mol. The van der Waals surface area contributed by atoms with Crippen molar-refractivity contribution in [2.24, 2.45) is 0 Å². The molecule has 3 aromatic rings. The number of hydrogen-bond donors (Lipinski definition) is 1. The van der Waals surface area contributed by atoms with Crippen molar-refractivity contribution in [1.29, 1.82) is 0 Å².